The van der Waals surface area contributed by atoms with Crippen LogP contribution in [-0.4, -0.2) is 39.3 Å². The molecule has 1 rings (SSSR count). The molecular weight excluding hydrogens is 277 g/mol. The number of hydrogen-bond donors (Lipinski definition) is 2. The molecule has 1 atom stereocenters. The van der Waals surface area contributed by atoms with Gasteiger partial charge in [-0.05, 0) is 30.7 Å². The van der Waals surface area contributed by atoms with Crippen LogP contribution in [0, 0.1) is 12.7 Å². The first-order valence-electron chi connectivity index (χ1n) is 5.29. The third-order valence-corrected chi connectivity index (χ3v) is 3.95. The Bertz CT molecular complexity index is 572. The number of aryl methyl sites for hydroxylation is 1. The summed E-state index contributed by atoms with van der Waals surface area (Å²) in [5.41, 5.74) is 0.222. The minimum atomic E-state index is -3.93. The molecule has 0 saturated carbocycles. The fourth-order valence-electron chi connectivity index (χ4n) is 1.40. The molecule has 0 spiro atoms. The van der Waals surface area contributed by atoms with Gasteiger partial charge >= 0.3 is 5.97 Å². The number of ether oxygens (including phenoxy) is 1. The zero-order chi connectivity index (χ0) is 14.6. The van der Waals surface area contributed by atoms with E-state index < -0.39 is 34.5 Å². The van der Waals surface area contributed by atoms with Crippen molar-refractivity contribution >= 4 is 16.0 Å². The van der Waals surface area contributed by atoms with E-state index in [1.54, 1.807) is 0 Å². The summed E-state index contributed by atoms with van der Waals surface area (Å²) in [6, 6.07) is 3.20. The first kappa shape index (κ1) is 15.5. The van der Waals surface area contributed by atoms with Crippen LogP contribution in [0.4, 0.5) is 4.39 Å². The highest BCUT2D eigenvalue weighted by molar-refractivity contribution is 7.89. The molecule has 0 fully saturated rings. The van der Waals surface area contributed by atoms with Crippen LogP contribution in [0.5, 0.6) is 0 Å². The summed E-state index contributed by atoms with van der Waals surface area (Å²) in [7, 11) is -2.86. The Balaban J connectivity index is 2.85. The van der Waals surface area contributed by atoms with Crippen molar-refractivity contribution in [2.75, 3.05) is 13.7 Å². The highest BCUT2D eigenvalue weighted by Gasteiger charge is 2.21. The maximum atomic E-state index is 12.9. The van der Waals surface area contributed by atoms with Gasteiger partial charge in [0.2, 0.25) is 10.0 Å². The Kier molecular flexibility index (Phi) is 4.98. The van der Waals surface area contributed by atoms with Gasteiger partial charge in [0.1, 0.15) is 5.82 Å². The second kappa shape index (κ2) is 6.09. The van der Waals surface area contributed by atoms with Crippen molar-refractivity contribution in [1.82, 2.24) is 4.72 Å². The summed E-state index contributed by atoms with van der Waals surface area (Å²) in [4.78, 5) is 10.8. The summed E-state index contributed by atoms with van der Waals surface area (Å²) < 4.78 is 42.9. The first-order chi connectivity index (χ1) is 8.77. The summed E-state index contributed by atoms with van der Waals surface area (Å²) in [6.45, 7) is 0.917. The fourth-order valence-corrected chi connectivity index (χ4v) is 2.66. The number of hydrogen-bond acceptors (Lipinski definition) is 5. The van der Waals surface area contributed by atoms with E-state index >= 15 is 0 Å². The van der Waals surface area contributed by atoms with Gasteiger partial charge in [-0.2, -0.15) is 0 Å². The predicted octanol–water partition coefficient (Wildman–Crippen LogP) is -0.0537. The van der Waals surface area contributed by atoms with Crippen LogP contribution >= 0.6 is 0 Å². The third-order valence-electron chi connectivity index (χ3n) is 2.37. The molecule has 0 aliphatic heterocycles. The molecule has 1 aromatic carbocycles. The molecule has 19 heavy (non-hydrogen) atoms. The topological polar surface area (TPSA) is 92.7 Å². The van der Waals surface area contributed by atoms with E-state index in [4.69, 9.17) is 0 Å². The van der Waals surface area contributed by atoms with Gasteiger partial charge in [-0.25, -0.2) is 22.3 Å². The van der Waals surface area contributed by atoms with Gasteiger partial charge in [-0.1, -0.05) is 0 Å². The molecule has 1 aromatic rings. The van der Waals surface area contributed by atoms with E-state index in [1.165, 1.54) is 6.92 Å². The number of nitrogens with one attached hydrogen (secondary N) is 1. The summed E-state index contributed by atoms with van der Waals surface area (Å²) in [5, 5.41) is 9.28. The van der Waals surface area contributed by atoms with Crippen molar-refractivity contribution in [1.29, 1.82) is 0 Å². The van der Waals surface area contributed by atoms with Crippen LogP contribution in [-0.2, 0) is 19.6 Å². The Hall–Kier alpha value is -1.51. The van der Waals surface area contributed by atoms with E-state index in [9.17, 15) is 22.7 Å². The van der Waals surface area contributed by atoms with Crippen LogP contribution in [0.2, 0.25) is 0 Å². The smallest absolute Gasteiger partial charge is 0.336 e. The molecule has 2 N–H and O–H groups in total. The number of esters is 1. The Morgan fingerprint density at radius 3 is 2.68 bits per heavy atom. The van der Waals surface area contributed by atoms with E-state index in [1.807, 2.05) is 4.72 Å². The lowest BCUT2D eigenvalue weighted by atomic mass is 10.2. The average molecular weight is 291 g/mol. The lowest BCUT2D eigenvalue weighted by molar-refractivity contribution is -0.149. The van der Waals surface area contributed by atoms with Crippen LogP contribution in [0.1, 0.15) is 5.56 Å². The first-order valence-corrected chi connectivity index (χ1v) is 6.78. The van der Waals surface area contributed by atoms with Crippen molar-refractivity contribution in [3.63, 3.8) is 0 Å². The number of benzene rings is 1. The Morgan fingerprint density at radius 2 is 2.16 bits per heavy atom. The van der Waals surface area contributed by atoms with Crippen molar-refractivity contribution in [3.05, 3.63) is 29.6 Å². The Labute approximate surface area is 110 Å². The molecule has 0 aliphatic carbocycles. The van der Waals surface area contributed by atoms with E-state index in [2.05, 4.69) is 4.74 Å². The van der Waals surface area contributed by atoms with Gasteiger partial charge in [0, 0.05) is 6.54 Å². The number of rotatable bonds is 5. The van der Waals surface area contributed by atoms with E-state index in [-0.39, 0.29) is 10.5 Å². The van der Waals surface area contributed by atoms with Crippen molar-refractivity contribution in [3.8, 4) is 0 Å². The number of halogens is 1. The third kappa shape index (κ3) is 3.98. The minimum absolute atomic E-state index is 0.119. The normalized spacial score (nSPS) is 13.1. The molecule has 0 aliphatic rings. The van der Waals surface area contributed by atoms with Crippen LogP contribution in [0.25, 0.3) is 0 Å². The fraction of sp³-hybridized carbons (Fsp3) is 0.364. The molecule has 0 amide bonds. The number of sulfonamides is 1. The standard InChI is InChI=1S/C11H14FNO5S/c1-7-5-8(12)3-4-10(7)19(16,17)13-6-9(14)11(15)18-2/h3-5,9,13-14H,6H2,1-2H3. The number of carbonyl (C=O) groups excluding carboxylic acids is 1. The van der Waals surface area contributed by atoms with E-state index in [0.717, 1.165) is 25.3 Å². The number of carbonyl (C=O) groups is 1. The molecule has 0 aromatic heterocycles. The maximum absolute atomic E-state index is 12.9. The second-order valence-electron chi connectivity index (χ2n) is 3.80. The van der Waals surface area contributed by atoms with Gasteiger partial charge in [0.25, 0.3) is 0 Å². The highest BCUT2D eigenvalue weighted by Crippen LogP contribution is 2.15. The Morgan fingerprint density at radius 1 is 1.53 bits per heavy atom. The van der Waals surface area contributed by atoms with Crippen LogP contribution < -0.4 is 4.72 Å². The highest BCUT2D eigenvalue weighted by atomic mass is 32.2. The molecule has 0 heterocycles. The molecule has 0 saturated heterocycles. The SMILES string of the molecule is COC(=O)C(O)CNS(=O)(=O)c1ccc(F)cc1C. The van der Waals surface area contributed by atoms with Crippen molar-refractivity contribution < 1.29 is 27.4 Å². The second-order valence-corrected chi connectivity index (χ2v) is 5.54. The zero-order valence-electron chi connectivity index (χ0n) is 10.4. The minimum Gasteiger partial charge on any atom is -0.467 e. The summed E-state index contributed by atoms with van der Waals surface area (Å²) in [6.07, 6.45) is -1.60. The van der Waals surface area contributed by atoms with Crippen molar-refractivity contribution in [2.24, 2.45) is 0 Å². The van der Waals surface area contributed by atoms with Gasteiger partial charge < -0.3 is 9.84 Å². The molecule has 106 valence electrons. The molecule has 8 heteroatoms. The quantitative estimate of drug-likeness (QED) is 0.742. The number of aliphatic hydroxyl groups excluding tert-OH is 1. The summed E-state index contributed by atoms with van der Waals surface area (Å²) in [5.74, 6) is -1.50. The zero-order valence-corrected chi connectivity index (χ0v) is 11.2. The number of aliphatic hydroxyl groups is 1. The lowest BCUT2D eigenvalue weighted by Crippen LogP contribution is -2.37. The van der Waals surface area contributed by atoms with Gasteiger partial charge in [0.05, 0.1) is 12.0 Å². The molecule has 0 radical (unpaired) electrons. The van der Waals surface area contributed by atoms with Gasteiger partial charge in [0.15, 0.2) is 6.10 Å². The summed E-state index contributed by atoms with van der Waals surface area (Å²) >= 11 is 0. The maximum Gasteiger partial charge on any atom is 0.336 e. The number of methoxy groups -OCH3 is 1. The van der Waals surface area contributed by atoms with Crippen LogP contribution in [0.15, 0.2) is 23.1 Å². The van der Waals surface area contributed by atoms with Crippen LogP contribution in [0.3, 0.4) is 0 Å². The molecule has 0 bridgehead atoms. The lowest BCUT2D eigenvalue weighted by Gasteiger charge is -2.11. The molecule has 6 nitrogen and oxygen atoms in total. The van der Waals surface area contributed by atoms with Gasteiger partial charge in [-0.15, -0.1) is 0 Å². The van der Waals surface area contributed by atoms with Gasteiger partial charge in [-0.3, -0.25) is 0 Å². The largest absolute Gasteiger partial charge is 0.467 e. The van der Waals surface area contributed by atoms with Crippen molar-refractivity contribution in [2.45, 2.75) is 17.9 Å². The predicted molar refractivity (Wildman–Crippen MR) is 64.3 cm³/mol. The monoisotopic (exact) mass is 291 g/mol. The molecular formula is C11H14FNO5S. The van der Waals surface area contributed by atoms with E-state index in [0.29, 0.717) is 0 Å². The molecule has 1 unspecified atom stereocenters. The average Bonchev–Trinajstić information content (AvgIpc) is 2.34.